The molecule has 0 fully saturated rings. The monoisotopic (exact) mass is 279 g/mol. The molecule has 1 heterocycles. The first kappa shape index (κ1) is 13.9. The molecule has 19 heavy (non-hydrogen) atoms. The summed E-state index contributed by atoms with van der Waals surface area (Å²) in [6.07, 6.45) is 2.21. The Morgan fingerprint density at radius 2 is 2.11 bits per heavy atom. The largest absolute Gasteiger partial charge is 0.370 e. The maximum Gasteiger partial charge on any atom is 0.217 e. The normalized spacial score (nSPS) is 11.0. The van der Waals surface area contributed by atoms with Gasteiger partial charge in [-0.15, -0.1) is 0 Å². The standard InChI is InChI=1S/C14H18ClN3O/c15-14-10-5-1-2-6-11(10)18-12(14)9-17-8-4-3-7-13(16)19/h1-2,5-6,17-18H,3-4,7-9H2,(H2,16,19). The molecule has 0 atom stereocenters. The van der Waals surface area contributed by atoms with E-state index >= 15 is 0 Å². The third kappa shape index (κ3) is 3.72. The first-order chi connectivity index (χ1) is 9.18. The van der Waals surface area contributed by atoms with Crippen LogP contribution in [0.3, 0.4) is 0 Å². The maximum atomic E-state index is 10.6. The van der Waals surface area contributed by atoms with Gasteiger partial charge in [0, 0.05) is 29.6 Å². The van der Waals surface area contributed by atoms with Crippen molar-refractivity contribution in [3.05, 3.63) is 35.0 Å². The summed E-state index contributed by atoms with van der Waals surface area (Å²) >= 11 is 6.31. The summed E-state index contributed by atoms with van der Waals surface area (Å²) in [7, 11) is 0. The van der Waals surface area contributed by atoms with Gasteiger partial charge in [-0.3, -0.25) is 4.79 Å². The average Bonchev–Trinajstić information content (AvgIpc) is 2.71. The first-order valence-corrected chi connectivity index (χ1v) is 6.80. The fourth-order valence-corrected chi connectivity index (χ4v) is 2.33. The van der Waals surface area contributed by atoms with Gasteiger partial charge in [-0.25, -0.2) is 0 Å². The number of carbonyl (C=O) groups excluding carboxylic acids is 1. The topological polar surface area (TPSA) is 70.9 Å². The molecular weight excluding hydrogens is 262 g/mol. The summed E-state index contributed by atoms with van der Waals surface area (Å²) in [4.78, 5) is 13.9. The first-order valence-electron chi connectivity index (χ1n) is 6.42. The summed E-state index contributed by atoms with van der Waals surface area (Å²) in [5.74, 6) is -0.237. The Kier molecular flexibility index (Phi) is 4.82. The number of primary amides is 1. The summed E-state index contributed by atoms with van der Waals surface area (Å²) < 4.78 is 0. The zero-order chi connectivity index (χ0) is 13.7. The summed E-state index contributed by atoms with van der Waals surface area (Å²) in [6.45, 7) is 1.54. The number of halogens is 1. The maximum absolute atomic E-state index is 10.6. The SMILES string of the molecule is NC(=O)CCCCNCc1[nH]c2ccccc2c1Cl. The molecule has 1 aromatic heterocycles. The van der Waals surface area contributed by atoms with Gasteiger partial charge in [-0.1, -0.05) is 29.8 Å². The lowest BCUT2D eigenvalue weighted by Gasteiger charge is -2.03. The van der Waals surface area contributed by atoms with Crippen molar-refractivity contribution in [1.82, 2.24) is 10.3 Å². The predicted molar refractivity (Wildman–Crippen MR) is 78.1 cm³/mol. The zero-order valence-electron chi connectivity index (χ0n) is 10.7. The minimum atomic E-state index is -0.237. The van der Waals surface area contributed by atoms with Crippen molar-refractivity contribution in [3.8, 4) is 0 Å². The van der Waals surface area contributed by atoms with Gasteiger partial charge in [0.1, 0.15) is 0 Å². The van der Waals surface area contributed by atoms with Crippen LogP contribution in [-0.4, -0.2) is 17.4 Å². The lowest BCUT2D eigenvalue weighted by Crippen LogP contribution is -2.16. The molecule has 0 aliphatic heterocycles. The van der Waals surface area contributed by atoms with E-state index in [4.69, 9.17) is 17.3 Å². The van der Waals surface area contributed by atoms with Gasteiger partial charge in [0.15, 0.2) is 0 Å². The van der Waals surface area contributed by atoms with Crippen LogP contribution in [0.5, 0.6) is 0 Å². The van der Waals surface area contributed by atoms with Crippen LogP contribution in [0.15, 0.2) is 24.3 Å². The van der Waals surface area contributed by atoms with Crippen molar-refractivity contribution >= 4 is 28.4 Å². The van der Waals surface area contributed by atoms with E-state index in [0.29, 0.717) is 13.0 Å². The van der Waals surface area contributed by atoms with E-state index in [2.05, 4.69) is 10.3 Å². The number of nitrogens with two attached hydrogens (primary N) is 1. The highest BCUT2D eigenvalue weighted by Gasteiger charge is 2.07. The Bertz CT molecular complexity index is 565. The number of rotatable bonds is 7. The summed E-state index contributed by atoms with van der Waals surface area (Å²) in [6, 6.07) is 7.97. The number of nitrogens with one attached hydrogen (secondary N) is 2. The number of aromatic nitrogens is 1. The van der Waals surface area contributed by atoms with Gasteiger partial charge < -0.3 is 16.0 Å². The van der Waals surface area contributed by atoms with Crippen molar-refractivity contribution in [3.63, 3.8) is 0 Å². The van der Waals surface area contributed by atoms with Crippen molar-refractivity contribution in [2.75, 3.05) is 6.54 Å². The molecular formula is C14H18ClN3O. The van der Waals surface area contributed by atoms with Crippen molar-refractivity contribution in [2.24, 2.45) is 5.73 Å². The zero-order valence-corrected chi connectivity index (χ0v) is 11.5. The molecule has 1 amide bonds. The number of aromatic amines is 1. The van der Waals surface area contributed by atoms with Gasteiger partial charge in [0.25, 0.3) is 0 Å². The number of amides is 1. The highest BCUT2D eigenvalue weighted by Crippen LogP contribution is 2.26. The number of para-hydroxylation sites is 1. The fraction of sp³-hybridized carbons (Fsp3) is 0.357. The lowest BCUT2D eigenvalue weighted by atomic mass is 10.2. The molecule has 0 saturated carbocycles. The van der Waals surface area contributed by atoms with Crippen molar-refractivity contribution in [1.29, 1.82) is 0 Å². The molecule has 0 aliphatic carbocycles. The molecule has 102 valence electrons. The Balaban J connectivity index is 1.82. The summed E-state index contributed by atoms with van der Waals surface area (Å²) in [5, 5.41) is 5.14. The fourth-order valence-electron chi connectivity index (χ4n) is 2.05. The Labute approximate surface area is 117 Å². The van der Waals surface area contributed by atoms with Crippen LogP contribution in [0.25, 0.3) is 10.9 Å². The van der Waals surface area contributed by atoms with Crippen molar-refractivity contribution in [2.45, 2.75) is 25.8 Å². The number of hydrogen-bond acceptors (Lipinski definition) is 2. The smallest absolute Gasteiger partial charge is 0.217 e. The number of fused-ring (bicyclic) bond motifs is 1. The molecule has 0 unspecified atom stereocenters. The van der Waals surface area contributed by atoms with E-state index in [1.807, 2.05) is 24.3 Å². The van der Waals surface area contributed by atoms with E-state index in [-0.39, 0.29) is 5.91 Å². The number of H-pyrrole nitrogens is 1. The van der Waals surface area contributed by atoms with Crippen LogP contribution in [0.4, 0.5) is 0 Å². The third-order valence-electron chi connectivity index (χ3n) is 3.04. The van der Waals surface area contributed by atoms with Crippen LogP contribution < -0.4 is 11.1 Å². The molecule has 2 rings (SSSR count). The third-order valence-corrected chi connectivity index (χ3v) is 3.47. The molecule has 2 aromatic rings. The molecule has 1 aromatic carbocycles. The second-order valence-corrected chi connectivity index (χ2v) is 4.94. The van der Waals surface area contributed by atoms with Crippen LogP contribution in [0.2, 0.25) is 5.02 Å². The van der Waals surface area contributed by atoms with E-state index in [0.717, 1.165) is 41.0 Å². The van der Waals surface area contributed by atoms with Gasteiger partial charge in [-0.2, -0.15) is 0 Å². The van der Waals surface area contributed by atoms with E-state index < -0.39 is 0 Å². The van der Waals surface area contributed by atoms with Crippen LogP contribution in [0, 0.1) is 0 Å². The average molecular weight is 280 g/mol. The molecule has 0 saturated heterocycles. The molecule has 0 spiro atoms. The Hall–Kier alpha value is -1.52. The molecule has 4 N–H and O–H groups in total. The Morgan fingerprint density at radius 1 is 1.32 bits per heavy atom. The van der Waals surface area contributed by atoms with Gasteiger partial charge in [-0.05, 0) is 25.5 Å². The minimum Gasteiger partial charge on any atom is -0.370 e. The number of carbonyl (C=O) groups is 1. The van der Waals surface area contributed by atoms with Crippen LogP contribution in [0.1, 0.15) is 25.0 Å². The summed E-state index contributed by atoms with van der Waals surface area (Å²) in [5.41, 5.74) is 7.13. The number of unbranched alkanes of at least 4 members (excludes halogenated alkanes) is 1. The van der Waals surface area contributed by atoms with Gasteiger partial charge in [0.2, 0.25) is 5.91 Å². The van der Waals surface area contributed by atoms with Gasteiger partial charge >= 0.3 is 0 Å². The quantitative estimate of drug-likeness (QED) is 0.682. The lowest BCUT2D eigenvalue weighted by molar-refractivity contribution is -0.118. The van der Waals surface area contributed by atoms with Crippen LogP contribution in [-0.2, 0) is 11.3 Å². The molecule has 0 bridgehead atoms. The second kappa shape index (κ2) is 6.59. The second-order valence-electron chi connectivity index (χ2n) is 4.56. The van der Waals surface area contributed by atoms with E-state index in [9.17, 15) is 4.79 Å². The molecule has 0 aliphatic rings. The number of hydrogen-bond donors (Lipinski definition) is 3. The number of benzene rings is 1. The van der Waals surface area contributed by atoms with E-state index in [1.54, 1.807) is 0 Å². The van der Waals surface area contributed by atoms with Crippen molar-refractivity contribution < 1.29 is 4.79 Å². The molecule has 4 nitrogen and oxygen atoms in total. The minimum absolute atomic E-state index is 0.237. The Morgan fingerprint density at radius 3 is 2.84 bits per heavy atom. The van der Waals surface area contributed by atoms with Crippen LogP contribution >= 0.6 is 11.6 Å². The highest BCUT2D eigenvalue weighted by molar-refractivity contribution is 6.36. The van der Waals surface area contributed by atoms with Gasteiger partial charge in [0.05, 0.1) is 5.02 Å². The molecule has 5 heteroatoms. The highest BCUT2D eigenvalue weighted by atomic mass is 35.5. The molecule has 0 radical (unpaired) electrons. The van der Waals surface area contributed by atoms with E-state index in [1.165, 1.54) is 0 Å². The predicted octanol–water partition coefficient (Wildman–Crippen LogP) is 2.57.